The molecule has 0 saturated heterocycles. The minimum atomic E-state index is -0.584. The molecule has 122 valence electrons. The number of hydrogen-bond acceptors (Lipinski definition) is 4. The van der Waals surface area contributed by atoms with Crippen LogP contribution in [0.2, 0.25) is 14.4 Å². The highest BCUT2D eigenvalue weighted by atomic mass is 35.5. The van der Waals surface area contributed by atoms with Crippen LogP contribution in [0.4, 0.5) is 0 Å². The van der Waals surface area contributed by atoms with Crippen LogP contribution in [0.5, 0.6) is 0 Å². The molecule has 1 aromatic heterocycles. The topological polar surface area (TPSA) is 55.4 Å². The molecule has 0 radical (unpaired) electrons. The predicted octanol–water partition coefficient (Wildman–Crippen LogP) is 4.74. The third-order valence-electron chi connectivity index (χ3n) is 2.93. The van der Waals surface area contributed by atoms with Gasteiger partial charge in [-0.2, -0.15) is 0 Å². The zero-order chi connectivity index (χ0) is 17.0. The molecule has 1 amide bonds. The van der Waals surface area contributed by atoms with Gasteiger partial charge in [0.25, 0.3) is 5.91 Å². The van der Waals surface area contributed by atoms with E-state index in [0.717, 1.165) is 16.9 Å². The highest BCUT2D eigenvalue weighted by Crippen LogP contribution is 2.25. The Bertz CT molecular complexity index is 733. The number of benzene rings is 1. The van der Waals surface area contributed by atoms with Crippen molar-refractivity contribution in [3.8, 4) is 0 Å². The van der Waals surface area contributed by atoms with E-state index in [9.17, 15) is 9.59 Å². The Kier molecular flexibility index (Phi) is 6.30. The number of halogens is 3. The molecule has 0 bridgehead atoms. The Morgan fingerprint density at radius 3 is 2.52 bits per heavy atom. The van der Waals surface area contributed by atoms with Crippen LogP contribution in [0.15, 0.2) is 30.3 Å². The van der Waals surface area contributed by atoms with Gasteiger partial charge in [0.15, 0.2) is 6.61 Å². The third kappa shape index (κ3) is 5.11. The van der Waals surface area contributed by atoms with E-state index in [1.807, 2.05) is 0 Å². The number of carbonyl (C=O) groups excluding carboxylic acids is 2. The SMILES string of the molecule is CC(NC(=O)COC(=O)c1ccc(Cl)s1)c1ccc(Cl)c(Cl)c1. The number of esters is 1. The first kappa shape index (κ1) is 18.1. The van der Waals surface area contributed by atoms with Crippen molar-refractivity contribution in [2.45, 2.75) is 13.0 Å². The molecule has 8 heteroatoms. The lowest BCUT2D eigenvalue weighted by Crippen LogP contribution is -2.31. The summed E-state index contributed by atoms with van der Waals surface area (Å²) in [4.78, 5) is 23.9. The van der Waals surface area contributed by atoms with Gasteiger partial charge >= 0.3 is 5.97 Å². The van der Waals surface area contributed by atoms with Crippen LogP contribution in [-0.2, 0) is 9.53 Å². The summed E-state index contributed by atoms with van der Waals surface area (Å²) in [5.41, 5.74) is 0.795. The van der Waals surface area contributed by atoms with Crippen LogP contribution < -0.4 is 5.32 Å². The molecule has 1 heterocycles. The van der Waals surface area contributed by atoms with Crippen molar-refractivity contribution in [1.82, 2.24) is 5.32 Å². The van der Waals surface area contributed by atoms with Crippen molar-refractivity contribution in [2.75, 3.05) is 6.61 Å². The van der Waals surface area contributed by atoms with Gasteiger partial charge in [0.1, 0.15) is 4.88 Å². The zero-order valence-corrected chi connectivity index (χ0v) is 15.0. The largest absolute Gasteiger partial charge is 0.451 e. The smallest absolute Gasteiger partial charge is 0.348 e. The van der Waals surface area contributed by atoms with Gasteiger partial charge in [-0.05, 0) is 36.8 Å². The summed E-state index contributed by atoms with van der Waals surface area (Å²) in [5, 5.41) is 3.57. The molecule has 0 spiro atoms. The normalized spacial score (nSPS) is 11.8. The summed E-state index contributed by atoms with van der Waals surface area (Å²) in [6, 6.07) is 7.93. The number of carbonyl (C=O) groups is 2. The van der Waals surface area contributed by atoms with Crippen molar-refractivity contribution in [1.29, 1.82) is 0 Å². The molecule has 1 atom stereocenters. The van der Waals surface area contributed by atoms with Gasteiger partial charge in [0.2, 0.25) is 0 Å². The van der Waals surface area contributed by atoms with Gasteiger partial charge in [0.05, 0.1) is 20.4 Å². The average Bonchev–Trinajstić information content (AvgIpc) is 2.94. The second-order valence-corrected chi connectivity index (χ2v) is 7.17. The highest BCUT2D eigenvalue weighted by Gasteiger charge is 2.15. The maximum atomic E-state index is 11.8. The number of ether oxygens (including phenoxy) is 1. The van der Waals surface area contributed by atoms with Gasteiger partial charge in [-0.1, -0.05) is 40.9 Å². The number of thiophene rings is 1. The van der Waals surface area contributed by atoms with Crippen molar-refractivity contribution >= 4 is 58.0 Å². The number of hydrogen-bond donors (Lipinski definition) is 1. The first-order valence-corrected chi connectivity index (χ1v) is 8.48. The van der Waals surface area contributed by atoms with Crippen LogP contribution in [0.25, 0.3) is 0 Å². The Hall–Kier alpha value is -1.27. The Morgan fingerprint density at radius 1 is 1.17 bits per heavy atom. The van der Waals surface area contributed by atoms with Crippen LogP contribution in [0, 0.1) is 0 Å². The molecule has 23 heavy (non-hydrogen) atoms. The molecule has 1 N–H and O–H groups in total. The number of nitrogens with one attached hydrogen (secondary N) is 1. The minimum absolute atomic E-state index is 0.299. The molecule has 0 saturated carbocycles. The predicted molar refractivity (Wildman–Crippen MR) is 92.6 cm³/mol. The fourth-order valence-electron chi connectivity index (χ4n) is 1.77. The second-order valence-electron chi connectivity index (χ2n) is 4.64. The molecular weight excluding hydrogens is 381 g/mol. The van der Waals surface area contributed by atoms with E-state index in [2.05, 4.69) is 5.32 Å². The van der Waals surface area contributed by atoms with E-state index in [1.54, 1.807) is 37.3 Å². The van der Waals surface area contributed by atoms with Crippen molar-refractivity contribution in [2.24, 2.45) is 0 Å². The summed E-state index contributed by atoms with van der Waals surface area (Å²) in [7, 11) is 0. The lowest BCUT2D eigenvalue weighted by atomic mass is 10.1. The molecule has 1 aromatic carbocycles. The van der Waals surface area contributed by atoms with Gasteiger partial charge in [-0.15, -0.1) is 11.3 Å². The summed E-state index contributed by atoms with van der Waals surface area (Å²) < 4.78 is 5.42. The summed E-state index contributed by atoms with van der Waals surface area (Å²) in [6.07, 6.45) is 0. The lowest BCUT2D eigenvalue weighted by Gasteiger charge is -2.15. The van der Waals surface area contributed by atoms with E-state index in [-0.39, 0.29) is 12.6 Å². The van der Waals surface area contributed by atoms with Gasteiger partial charge in [-0.25, -0.2) is 4.79 Å². The summed E-state index contributed by atoms with van der Waals surface area (Å²) >= 11 is 18.6. The molecule has 0 fully saturated rings. The van der Waals surface area contributed by atoms with Gasteiger partial charge < -0.3 is 10.1 Å². The zero-order valence-electron chi connectivity index (χ0n) is 11.9. The standard InChI is InChI=1S/C15H12Cl3NO3S/c1-8(9-2-3-10(16)11(17)6-9)19-14(20)7-22-15(21)12-4-5-13(18)23-12/h2-6,8H,7H2,1H3,(H,19,20). The Morgan fingerprint density at radius 2 is 1.91 bits per heavy atom. The number of rotatable bonds is 5. The summed E-state index contributed by atoms with van der Waals surface area (Å²) in [5.74, 6) is -1.00. The minimum Gasteiger partial charge on any atom is -0.451 e. The monoisotopic (exact) mass is 391 g/mol. The van der Waals surface area contributed by atoms with Crippen molar-refractivity contribution < 1.29 is 14.3 Å². The molecule has 2 rings (SSSR count). The van der Waals surface area contributed by atoms with E-state index >= 15 is 0 Å². The Balaban J connectivity index is 1.86. The Labute approximate surface area is 152 Å². The first-order valence-electron chi connectivity index (χ1n) is 6.53. The fraction of sp³-hybridized carbons (Fsp3) is 0.200. The van der Waals surface area contributed by atoms with Crippen molar-refractivity contribution in [3.63, 3.8) is 0 Å². The summed E-state index contributed by atoms with van der Waals surface area (Å²) in [6.45, 7) is 1.42. The van der Waals surface area contributed by atoms with E-state index in [4.69, 9.17) is 39.5 Å². The molecule has 0 aliphatic heterocycles. The molecule has 4 nitrogen and oxygen atoms in total. The van der Waals surface area contributed by atoms with E-state index in [1.165, 1.54) is 0 Å². The van der Waals surface area contributed by atoms with E-state index < -0.39 is 11.9 Å². The maximum Gasteiger partial charge on any atom is 0.348 e. The highest BCUT2D eigenvalue weighted by molar-refractivity contribution is 7.17. The van der Waals surface area contributed by atoms with Crippen LogP contribution in [-0.4, -0.2) is 18.5 Å². The first-order chi connectivity index (χ1) is 10.9. The molecule has 0 aliphatic rings. The lowest BCUT2D eigenvalue weighted by molar-refractivity contribution is -0.124. The van der Waals surface area contributed by atoms with Crippen LogP contribution in [0.1, 0.15) is 28.2 Å². The second kappa shape index (κ2) is 8.02. The van der Waals surface area contributed by atoms with Gasteiger partial charge in [-0.3, -0.25) is 4.79 Å². The number of amides is 1. The average molecular weight is 393 g/mol. The van der Waals surface area contributed by atoms with E-state index in [0.29, 0.717) is 19.3 Å². The van der Waals surface area contributed by atoms with Crippen molar-refractivity contribution in [3.05, 3.63) is 55.2 Å². The maximum absolute atomic E-state index is 11.8. The van der Waals surface area contributed by atoms with Crippen LogP contribution >= 0.6 is 46.1 Å². The van der Waals surface area contributed by atoms with Gasteiger partial charge in [0, 0.05) is 0 Å². The molecule has 1 unspecified atom stereocenters. The third-order valence-corrected chi connectivity index (χ3v) is 4.88. The quantitative estimate of drug-likeness (QED) is 0.748. The fourth-order valence-corrected chi connectivity index (χ4v) is 3.02. The molecular formula is C15H12Cl3NO3S. The molecule has 0 aliphatic carbocycles. The molecule has 2 aromatic rings. The van der Waals surface area contributed by atoms with Crippen LogP contribution in [0.3, 0.4) is 0 Å².